The van der Waals surface area contributed by atoms with Crippen LogP contribution in [0.25, 0.3) is 0 Å². The van der Waals surface area contributed by atoms with Crippen LogP contribution in [-0.2, 0) is 16.1 Å². The van der Waals surface area contributed by atoms with Gasteiger partial charge >= 0.3 is 0 Å². The Morgan fingerprint density at radius 1 is 1.12 bits per heavy atom. The van der Waals surface area contributed by atoms with Crippen LogP contribution in [0.4, 0.5) is 0 Å². The van der Waals surface area contributed by atoms with E-state index < -0.39 is 5.41 Å². The van der Waals surface area contributed by atoms with Gasteiger partial charge in [0.1, 0.15) is 12.9 Å². The van der Waals surface area contributed by atoms with E-state index in [9.17, 15) is 9.59 Å². The van der Waals surface area contributed by atoms with Crippen LogP contribution in [0.5, 0.6) is 0 Å². The van der Waals surface area contributed by atoms with Gasteiger partial charge in [-0.3, -0.25) is 9.59 Å². The second-order valence-electron chi connectivity index (χ2n) is 9.04. The third-order valence-corrected chi connectivity index (χ3v) is 4.21. The first-order valence-electron chi connectivity index (χ1n) is 9.09. The zero-order chi connectivity index (χ0) is 20.1. The number of carbonyl (C=O) groups is 2. The number of amides is 2. The first kappa shape index (κ1) is 22.1. The fraction of sp³-hybridized carbons (Fsp3) is 0.833. The number of nitrogens with zero attached hydrogens (tertiary/aromatic N) is 6. The Balaban J connectivity index is 2.67. The normalized spacial score (nSPS) is 12.3. The molecule has 1 heterocycles. The van der Waals surface area contributed by atoms with Gasteiger partial charge < -0.3 is 9.80 Å². The van der Waals surface area contributed by atoms with Crippen molar-refractivity contribution < 1.29 is 9.59 Å². The van der Waals surface area contributed by atoms with Crippen LogP contribution in [0, 0.1) is 10.8 Å². The molecule has 1 aromatic heterocycles. The van der Waals surface area contributed by atoms with Crippen LogP contribution < -0.4 is 0 Å². The third kappa shape index (κ3) is 6.72. The fourth-order valence-electron chi connectivity index (χ4n) is 3.43. The van der Waals surface area contributed by atoms with Crippen molar-refractivity contribution in [3.63, 3.8) is 0 Å². The fourth-order valence-corrected chi connectivity index (χ4v) is 3.43. The van der Waals surface area contributed by atoms with Gasteiger partial charge in [0.2, 0.25) is 11.8 Å². The van der Waals surface area contributed by atoms with Crippen molar-refractivity contribution in [1.82, 2.24) is 30.0 Å². The van der Waals surface area contributed by atoms with E-state index in [1.807, 2.05) is 27.7 Å². The molecule has 0 unspecified atom stereocenters. The molecule has 0 fully saturated rings. The second kappa shape index (κ2) is 8.60. The summed E-state index contributed by atoms with van der Waals surface area (Å²) in [5.74, 6) is 0.0335. The summed E-state index contributed by atoms with van der Waals surface area (Å²) < 4.78 is 1.40. The summed E-state index contributed by atoms with van der Waals surface area (Å²) in [4.78, 5) is 28.8. The minimum absolute atomic E-state index is 0.0325. The molecule has 1 aromatic rings. The number of tetrazole rings is 1. The molecule has 2 amide bonds. The van der Waals surface area contributed by atoms with Crippen LogP contribution in [0.2, 0.25) is 0 Å². The monoisotopic (exact) mass is 366 g/mol. The van der Waals surface area contributed by atoms with Crippen molar-refractivity contribution in [2.75, 3.05) is 20.1 Å². The number of likely N-dealkylation sites (N-methyl/N-ethyl adjacent to an activating group) is 1. The van der Waals surface area contributed by atoms with Crippen molar-refractivity contribution in [2.45, 2.75) is 67.5 Å². The summed E-state index contributed by atoms with van der Waals surface area (Å²) in [7, 11) is 1.80. The highest BCUT2D eigenvalue weighted by Crippen LogP contribution is 2.34. The van der Waals surface area contributed by atoms with Crippen LogP contribution in [0.1, 0.15) is 54.9 Å². The molecule has 148 valence electrons. The summed E-state index contributed by atoms with van der Waals surface area (Å²) in [5.41, 5.74) is -0.363. The molecule has 0 aromatic carbocycles. The highest BCUT2D eigenvalue weighted by molar-refractivity contribution is 5.82. The average Bonchev–Trinajstić information content (AvgIpc) is 2.96. The van der Waals surface area contributed by atoms with Crippen LogP contribution in [0.3, 0.4) is 0 Å². The molecule has 8 nitrogen and oxygen atoms in total. The maximum Gasteiger partial charge on any atom is 0.244 e. The van der Waals surface area contributed by atoms with E-state index in [4.69, 9.17) is 0 Å². The molecule has 1 rings (SSSR count). The molecule has 0 N–H and O–H groups in total. The molecule has 0 atom stereocenters. The van der Waals surface area contributed by atoms with Gasteiger partial charge in [-0.15, -0.1) is 5.10 Å². The molecular weight excluding hydrogens is 332 g/mol. The Labute approximate surface area is 156 Å². The lowest BCUT2D eigenvalue weighted by Gasteiger charge is -2.35. The third-order valence-electron chi connectivity index (χ3n) is 4.21. The summed E-state index contributed by atoms with van der Waals surface area (Å²) >= 11 is 0. The molecular formula is C18H34N6O2. The summed E-state index contributed by atoms with van der Waals surface area (Å²) in [6, 6.07) is 0.0325. The largest absolute Gasteiger partial charge is 0.344 e. The van der Waals surface area contributed by atoms with Crippen molar-refractivity contribution >= 4 is 11.8 Å². The molecule has 0 radical (unpaired) electrons. The molecule has 0 saturated carbocycles. The Morgan fingerprint density at radius 3 is 2.19 bits per heavy atom. The number of carbonyl (C=O) groups excluding carboxylic acids is 2. The number of hydrogen-bond acceptors (Lipinski definition) is 5. The van der Waals surface area contributed by atoms with Crippen LogP contribution in [0.15, 0.2) is 6.33 Å². The standard InChI is InChI=1S/C18H34N6O2/c1-14(2)24(15(25)11-23-13-19-20-21-23)10-9-22(8)16(26)18(6,7)12-17(3,4)5/h13-14H,9-12H2,1-8H3. The quantitative estimate of drug-likeness (QED) is 0.701. The van der Waals surface area contributed by atoms with Crippen LogP contribution >= 0.6 is 0 Å². The average molecular weight is 367 g/mol. The second-order valence-corrected chi connectivity index (χ2v) is 9.04. The highest BCUT2D eigenvalue weighted by atomic mass is 16.2. The molecule has 0 aliphatic heterocycles. The maximum absolute atomic E-state index is 12.8. The SMILES string of the molecule is CC(C)N(CCN(C)C(=O)C(C)(C)CC(C)(C)C)C(=O)Cn1cnnn1. The Kier molecular flexibility index (Phi) is 7.29. The zero-order valence-electron chi connectivity index (χ0n) is 17.5. The van der Waals surface area contributed by atoms with E-state index in [1.165, 1.54) is 11.0 Å². The Morgan fingerprint density at radius 2 is 1.73 bits per heavy atom. The lowest BCUT2D eigenvalue weighted by atomic mass is 9.75. The number of rotatable bonds is 8. The smallest absolute Gasteiger partial charge is 0.244 e. The van der Waals surface area contributed by atoms with Gasteiger partial charge in [-0.05, 0) is 36.1 Å². The Bertz CT molecular complexity index is 589. The molecule has 0 aliphatic carbocycles. The lowest BCUT2D eigenvalue weighted by molar-refractivity contribution is -0.142. The van der Waals surface area contributed by atoms with E-state index in [-0.39, 0.29) is 29.8 Å². The van der Waals surface area contributed by atoms with Gasteiger partial charge in [-0.2, -0.15) is 0 Å². The Hall–Kier alpha value is -1.99. The van der Waals surface area contributed by atoms with Crippen molar-refractivity contribution in [1.29, 1.82) is 0 Å². The van der Waals surface area contributed by atoms with E-state index >= 15 is 0 Å². The minimum atomic E-state index is -0.438. The van der Waals surface area contributed by atoms with E-state index in [0.29, 0.717) is 13.1 Å². The summed E-state index contributed by atoms with van der Waals surface area (Å²) in [5, 5.41) is 10.8. The zero-order valence-corrected chi connectivity index (χ0v) is 17.5. The van der Waals surface area contributed by atoms with Gasteiger partial charge in [0.15, 0.2) is 0 Å². The van der Waals surface area contributed by atoms with Gasteiger partial charge in [-0.25, -0.2) is 4.68 Å². The molecule has 26 heavy (non-hydrogen) atoms. The van der Waals surface area contributed by atoms with Crippen molar-refractivity contribution in [3.8, 4) is 0 Å². The maximum atomic E-state index is 12.8. The van der Waals surface area contributed by atoms with E-state index in [2.05, 4.69) is 36.3 Å². The van der Waals surface area contributed by atoms with E-state index in [1.54, 1.807) is 16.8 Å². The van der Waals surface area contributed by atoms with Crippen molar-refractivity contribution in [3.05, 3.63) is 6.33 Å². The molecule has 0 spiro atoms. The first-order valence-corrected chi connectivity index (χ1v) is 9.09. The predicted octanol–water partition coefficient (Wildman–Crippen LogP) is 1.83. The number of aromatic nitrogens is 4. The van der Waals surface area contributed by atoms with E-state index in [0.717, 1.165) is 6.42 Å². The molecule has 8 heteroatoms. The van der Waals surface area contributed by atoms with Crippen LogP contribution in [-0.4, -0.2) is 68.0 Å². The van der Waals surface area contributed by atoms with Crippen molar-refractivity contribution in [2.24, 2.45) is 10.8 Å². The highest BCUT2D eigenvalue weighted by Gasteiger charge is 2.34. The minimum Gasteiger partial charge on any atom is -0.344 e. The molecule has 0 saturated heterocycles. The topological polar surface area (TPSA) is 84.2 Å². The first-order chi connectivity index (χ1) is 11.8. The van der Waals surface area contributed by atoms with Gasteiger partial charge in [0, 0.05) is 31.6 Å². The summed E-state index contributed by atoms with van der Waals surface area (Å²) in [6.45, 7) is 15.4. The summed E-state index contributed by atoms with van der Waals surface area (Å²) in [6.07, 6.45) is 2.22. The molecule has 0 aliphatic rings. The van der Waals surface area contributed by atoms with Gasteiger partial charge in [0.25, 0.3) is 0 Å². The lowest BCUT2D eigenvalue weighted by Crippen LogP contribution is -2.47. The van der Waals surface area contributed by atoms with Gasteiger partial charge in [-0.1, -0.05) is 34.6 Å². The molecule has 0 bridgehead atoms. The predicted molar refractivity (Wildman–Crippen MR) is 100 cm³/mol. The van der Waals surface area contributed by atoms with Gasteiger partial charge in [0.05, 0.1) is 0 Å². The number of hydrogen-bond donors (Lipinski definition) is 0.